The van der Waals surface area contributed by atoms with Gasteiger partial charge in [0.05, 0.1) is 29.7 Å². The molecular weight excluding hydrogens is 413 g/mol. The average molecular weight is 430 g/mol. The van der Waals surface area contributed by atoms with Crippen LogP contribution in [-0.2, 0) is 16.2 Å². The number of benzene rings is 2. The van der Waals surface area contributed by atoms with E-state index >= 15 is 0 Å². The van der Waals surface area contributed by atoms with Gasteiger partial charge in [-0.25, -0.2) is 8.42 Å². The molecule has 0 amide bonds. The third-order valence-corrected chi connectivity index (χ3v) is 6.73. The van der Waals surface area contributed by atoms with E-state index in [1.165, 1.54) is 31.4 Å². The number of rotatable bonds is 5. The Balaban J connectivity index is 2.11. The Bertz CT molecular complexity index is 1040. The Kier molecular flexibility index (Phi) is 5.54. The second-order valence-electron chi connectivity index (χ2n) is 6.45. The van der Waals surface area contributed by atoms with Crippen molar-refractivity contribution >= 4 is 15.7 Å². The highest BCUT2D eigenvalue weighted by atomic mass is 32.2. The Morgan fingerprint density at radius 3 is 2.52 bits per heavy atom. The lowest BCUT2D eigenvalue weighted by Gasteiger charge is -2.26. The summed E-state index contributed by atoms with van der Waals surface area (Å²) in [6.45, 7) is -0.0393. The third kappa shape index (κ3) is 3.92. The van der Waals surface area contributed by atoms with E-state index in [0.717, 1.165) is 22.5 Å². The summed E-state index contributed by atoms with van der Waals surface area (Å²) in [4.78, 5) is 9.97. The van der Waals surface area contributed by atoms with Gasteiger partial charge in [-0.05, 0) is 36.6 Å². The van der Waals surface area contributed by atoms with Gasteiger partial charge in [-0.3, -0.25) is 10.1 Å². The van der Waals surface area contributed by atoms with E-state index in [9.17, 15) is 31.7 Å². The summed E-state index contributed by atoms with van der Waals surface area (Å²) < 4.78 is 72.5. The molecule has 1 fully saturated rings. The van der Waals surface area contributed by atoms with Gasteiger partial charge in [0.25, 0.3) is 5.69 Å². The van der Waals surface area contributed by atoms with Crippen LogP contribution in [0.5, 0.6) is 5.75 Å². The van der Waals surface area contributed by atoms with Crippen molar-refractivity contribution < 1.29 is 31.2 Å². The molecule has 1 unspecified atom stereocenters. The zero-order chi connectivity index (χ0) is 21.4. The van der Waals surface area contributed by atoms with Gasteiger partial charge in [-0.15, -0.1) is 0 Å². The van der Waals surface area contributed by atoms with Gasteiger partial charge in [0.15, 0.2) is 4.90 Å². The lowest BCUT2D eigenvalue weighted by atomic mass is 9.99. The summed E-state index contributed by atoms with van der Waals surface area (Å²) in [7, 11) is -3.15. The smallest absolute Gasteiger partial charge is 0.416 e. The first-order valence-electron chi connectivity index (χ1n) is 8.57. The second kappa shape index (κ2) is 7.64. The minimum atomic E-state index is -4.65. The van der Waals surface area contributed by atoms with E-state index in [1.54, 1.807) is 0 Å². The third-order valence-electron chi connectivity index (χ3n) is 4.78. The Morgan fingerprint density at radius 1 is 1.21 bits per heavy atom. The van der Waals surface area contributed by atoms with E-state index in [4.69, 9.17) is 4.74 Å². The molecule has 1 aliphatic heterocycles. The molecule has 0 N–H and O–H groups in total. The van der Waals surface area contributed by atoms with Crippen molar-refractivity contribution in [3.05, 3.63) is 63.7 Å². The molecule has 1 heterocycles. The predicted octanol–water partition coefficient (Wildman–Crippen LogP) is 4.15. The lowest BCUT2D eigenvalue weighted by Crippen LogP contribution is -2.32. The van der Waals surface area contributed by atoms with E-state index in [0.29, 0.717) is 6.42 Å². The SMILES string of the molecule is COc1ccc(S(=O)(=O)N2CCCC2c2ccccc2C(F)(F)F)c([N+](=O)[O-])c1. The molecule has 2 aromatic rings. The van der Waals surface area contributed by atoms with Crippen molar-refractivity contribution in [2.24, 2.45) is 0 Å². The highest BCUT2D eigenvalue weighted by Crippen LogP contribution is 2.43. The summed E-state index contributed by atoms with van der Waals surface area (Å²) in [6, 6.07) is 6.98. The van der Waals surface area contributed by atoms with Gasteiger partial charge in [-0.1, -0.05) is 18.2 Å². The fourth-order valence-corrected chi connectivity index (χ4v) is 5.31. The van der Waals surface area contributed by atoms with Crippen molar-refractivity contribution in [2.75, 3.05) is 13.7 Å². The maximum atomic E-state index is 13.4. The van der Waals surface area contributed by atoms with Crippen LogP contribution in [0.15, 0.2) is 47.4 Å². The topological polar surface area (TPSA) is 89.8 Å². The number of methoxy groups -OCH3 is 1. The minimum Gasteiger partial charge on any atom is -0.497 e. The number of sulfonamides is 1. The molecule has 11 heteroatoms. The summed E-state index contributed by atoms with van der Waals surface area (Å²) >= 11 is 0. The van der Waals surface area contributed by atoms with Crippen molar-refractivity contribution in [3.8, 4) is 5.75 Å². The normalized spacial score (nSPS) is 18.0. The van der Waals surface area contributed by atoms with Crippen LogP contribution < -0.4 is 4.74 Å². The maximum absolute atomic E-state index is 13.4. The Labute approximate surface area is 164 Å². The molecule has 0 bridgehead atoms. The van der Waals surface area contributed by atoms with E-state index in [2.05, 4.69) is 0 Å². The number of nitrogens with zero attached hydrogens (tertiary/aromatic N) is 2. The number of ether oxygens (including phenoxy) is 1. The number of alkyl halides is 3. The fourth-order valence-electron chi connectivity index (χ4n) is 3.50. The molecule has 0 radical (unpaired) electrons. The van der Waals surface area contributed by atoms with Crippen molar-refractivity contribution in [2.45, 2.75) is 30.0 Å². The molecule has 29 heavy (non-hydrogen) atoms. The number of nitro benzene ring substituents is 1. The number of nitro groups is 1. The predicted molar refractivity (Wildman–Crippen MR) is 97.0 cm³/mol. The van der Waals surface area contributed by atoms with E-state index < -0.39 is 43.3 Å². The zero-order valence-corrected chi connectivity index (χ0v) is 16.0. The summed E-state index contributed by atoms with van der Waals surface area (Å²) in [6.07, 6.45) is -4.14. The maximum Gasteiger partial charge on any atom is 0.416 e. The summed E-state index contributed by atoms with van der Waals surface area (Å²) in [5, 5.41) is 11.4. The highest BCUT2D eigenvalue weighted by Gasteiger charge is 2.43. The molecule has 0 saturated carbocycles. The Morgan fingerprint density at radius 2 is 1.90 bits per heavy atom. The van der Waals surface area contributed by atoms with Crippen LogP contribution in [0.25, 0.3) is 0 Å². The van der Waals surface area contributed by atoms with Crippen molar-refractivity contribution in [1.82, 2.24) is 4.31 Å². The van der Waals surface area contributed by atoms with Gasteiger partial charge >= 0.3 is 6.18 Å². The molecule has 1 saturated heterocycles. The fraction of sp³-hybridized carbons (Fsp3) is 0.333. The van der Waals surface area contributed by atoms with Crippen LogP contribution in [0.4, 0.5) is 18.9 Å². The first-order valence-corrected chi connectivity index (χ1v) is 10.0. The van der Waals surface area contributed by atoms with Gasteiger partial charge < -0.3 is 4.74 Å². The standard InChI is InChI=1S/C18H17F3N2O5S/c1-28-12-8-9-17(16(11-12)23(24)25)29(26,27)22-10-4-7-15(22)13-5-2-3-6-14(13)18(19,20)21/h2-3,5-6,8-9,11,15H,4,7,10H2,1H3. The molecule has 0 aliphatic carbocycles. The highest BCUT2D eigenvalue weighted by molar-refractivity contribution is 7.89. The van der Waals surface area contributed by atoms with Crippen molar-refractivity contribution in [3.63, 3.8) is 0 Å². The lowest BCUT2D eigenvalue weighted by molar-refractivity contribution is -0.387. The molecule has 1 atom stereocenters. The number of halogens is 3. The van der Waals surface area contributed by atoms with Crippen LogP contribution in [-0.4, -0.2) is 31.3 Å². The molecule has 0 aromatic heterocycles. The number of hydrogen-bond donors (Lipinski definition) is 0. The average Bonchev–Trinajstić information content (AvgIpc) is 3.17. The van der Waals surface area contributed by atoms with Gasteiger partial charge in [0, 0.05) is 6.54 Å². The molecule has 3 rings (SSSR count). The van der Waals surface area contributed by atoms with E-state index in [1.807, 2.05) is 0 Å². The zero-order valence-electron chi connectivity index (χ0n) is 15.2. The largest absolute Gasteiger partial charge is 0.497 e. The van der Waals surface area contributed by atoms with Gasteiger partial charge in [-0.2, -0.15) is 17.5 Å². The second-order valence-corrected chi connectivity index (χ2v) is 8.31. The Hall–Kier alpha value is -2.66. The van der Waals surface area contributed by atoms with Crippen LogP contribution in [0.1, 0.15) is 30.0 Å². The molecule has 2 aromatic carbocycles. The molecule has 0 spiro atoms. The summed E-state index contributed by atoms with van der Waals surface area (Å²) in [5.74, 6) is 0.0936. The molecule has 7 nitrogen and oxygen atoms in total. The number of hydrogen-bond acceptors (Lipinski definition) is 5. The van der Waals surface area contributed by atoms with E-state index in [-0.39, 0.29) is 24.3 Å². The molecule has 1 aliphatic rings. The first-order chi connectivity index (χ1) is 13.6. The van der Waals surface area contributed by atoms with Crippen LogP contribution >= 0.6 is 0 Å². The van der Waals surface area contributed by atoms with Gasteiger partial charge in [0.1, 0.15) is 5.75 Å². The van der Waals surface area contributed by atoms with Crippen LogP contribution in [0.3, 0.4) is 0 Å². The van der Waals surface area contributed by atoms with Crippen LogP contribution in [0, 0.1) is 10.1 Å². The quantitative estimate of drug-likeness (QED) is 0.525. The first kappa shape index (κ1) is 21.1. The van der Waals surface area contributed by atoms with Gasteiger partial charge in [0.2, 0.25) is 10.0 Å². The molecular formula is C18H17F3N2O5S. The van der Waals surface area contributed by atoms with Crippen molar-refractivity contribution in [1.29, 1.82) is 0 Å². The summed E-state index contributed by atoms with van der Waals surface area (Å²) in [5.41, 5.74) is -1.78. The monoisotopic (exact) mass is 430 g/mol. The molecule has 156 valence electrons. The minimum absolute atomic E-state index is 0.0393. The van der Waals surface area contributed by atoms with Crippen LogP contribution in [0.2, 0.25) is 0 Å².